The SMILES string of the molecule is CCOc1cncc(-c2cnn(-c3cc(C(=O)N4CCN(c5ccc(C(=O)Nc6ccc(OC)cc6)cc5)CC4)cc(C(F)(F)F)c3)c2)c1. The van der Waals surface area contributed by atoms with Crippen molar-refractivity contribution in [2.45, 2.75) is 13.1 Å². The molecule has 0 bridgehead atoms. The van der Waals surface area contributed by atoms with Crippen molar-refractivity contribution in [3.8, 4) is 28.3 Å². The van der Waals surface area contributed by atoms with Gasteiger partial charge in [0, 0.05) is 72.2 Å². The number of methoxy groups -OCH3 is 1. The second kappa shape index (κ2) is 14.1. The number of piperazine rings is 1. The average Bonchev–Trinajstić information content (AvgIpc) is 3.62. The highest BCUT2D eigenvalue weighted by molar-refractivity contribution is 6.04. The van der Waals surface area contributed by atoms with Crippen LogP contribution in [0.4, 0.5) is 24.5 Å². The Kier molecular flexibility index (Phi) is 9.51. The first-order valence-electron chi connectivity index (χ1n) is 15.6. The number of carbonyl (C=O) groups excluding carboxylic acids is 2. The van der Waals surface area contributed by atoms with Crippen LogP contribution in [0, 0.1) is 0 Å². The van der Waals surface area contributed by atoms with Crippen LogP contribution in [0.3, 0.4) is 0 Å². The fraction of sp³-hybridized carbons (Fsp3) is 0.222. The number of alkyl halides is 3. The normalized spacial score (nSPS) is 13.2. The molecule has 2 aromatic heterocycles. The van der Waals surface area contributed by atoms with Crippen LogP contribution in [-0.4, -0.2) is 71.4 Å². The summed E-state index contributed by atoms with van der Waals surface area (Å²) in [7, 11) is 1.57. The number of anilines is 2. The molecule has 6 rings (SSSR count). The summed E-state index contributed by atoms with van der Waals surface area (Å²) >= 11 is 0. The zero-order chi connectivity index (χ0) is 34.5. The zero-order valence-corrected chi connectivity index (χ0v) is 26.8. The lowest BCUT2D eigenvalue weighted by atomic mass is 10.1. The van der Waals surface area contributed by atoms with Gasteiger partial charge in [0.1, 0.15) is 11.5 Å². The monoisotopic (exact) mass is 670 g/mol. The van der Waals surface area contributed by atoms with Gasteiger partial charge in [-0.25, -0.2) is 4.68 Å². The van der Waals surface area contributed by atoms with Crippen molar-refractivity contribution >= 4 is 23.2 Å². The number of nitrogens with one attached hydrogen (secondary N) is 1. The van der Waals surface area contributed by atoms with Crippen molar-refractivity contribution in [1.82, 2.24) is 19.7 Å². The van der Waals surface area contributed by atoms with E-state index in [1.54, 1.807) is 73.1 Å². The van der Waals surface area contributed by atoms with Crippen molar-refractivity contribution in [2.24, 2.45) is 0 Å². The molecule has 0 atom stereocenters. The molecule has 1 aliphatic heterocycles. The lowest BCUT2D eigenvalue weighted by Crippen LogP contribution is -2.48. The van der Waals surface area contributed by atoms with Crippen LogP contribution in [0.2, 0.25) is 0 Å². The number of ether oxygens (including phenoxy) is 2. The number of benzene rings is 3. The first-order valence-corrected chi connectivity index (χ1v) is 15.6. The fourth-order valence-corrected chi connectivity index (χ4v) is 5.52. The number of aromatic nitrogens is 3. The van der Waals surface area contributed by atoms with E-state index in [-0.39, 0.29) is 17.2 Å². The Morgan fingerprint density at radius 3 is 2.22 bits per heavy atom. The van der Waals surface area contributed by atoms with Gasteiger partial charge in [0.15, 0.2) is 0 Å². The summed E-state index contributed by atoms with van der Waals surface area (Å²) < 4.78 is 54.0. The van der Waals surface area contributed by atoms with Crippen LogP contribution in [-0.2, 0) is 6.18 Å². The number of carbonyl (C=O) groups is 2. The van der Waals surface area contributed by atoms with Gasteiger partial charge in [0.2, 0.25) is 0 Å². The number of rotatable bonds is 9. The number of hydrogen-bond donors (Lipinski definition) is 1. The van der Waals surface area contributed by atoms with Crippen LogP contribution >= 0.6 is 0 Å². The summed E-state index contributed by atoms with van der Waals surface area (Å²) in [5, 5.41) is 7.13. The maximum Gasteiger partial charge on any atom is 0.416 e. The standard InChI is InChI=1S/C36H33F3N6O4/c1-3-49-33-18-26(20-40-22-33)27-21-41-45(23-27)31-17-25(16-28(19-31)36(37,38)39)35(47)44-14-12-43(13-15-44)30-8-4-24(5-9-30)34(46)42-29-6-10-32(48-2)11-7-29/h4-11,16-23H,3,12-15H2,1-2H3,(H,42,46). The number of hydrogen-bond acceptors (Lipinski definition) is 7. The van der Waals surface area contributed by atoms with Crippen LogP contribution in [0.5, 0.6) is 11.5 Å². The highest BCUT2D eigenvalue weighted by Gasteiger charge is 2.33. The predicted molar refractivity (Wildman–Crippen MR) is 178 cm³/mol. The van der Waals surface area contributed by atoms with E-state index in [1.807, 2.05) is 19.1 Å². The molecule has 1 saturated heterocycles. The van der Waals surface area contributed by atoms with E-state index < -0.39 is 17.6 Å². The molecule has 1 fully saturated rings. The fourth-order valence-electron chi connectivity index (χ4n) is 5.52. The van der Waals surface area contributed by atoms with E-state index in [2.05, 4.69) is 20.3 Å². The highest BCUT2D eigenvalue weighted by atomic mass is 19.4. The second-order valence-electron chi connectivity index (χ2n) is 11.3. The van der Waals surface area contributed by atoms with Crippen molar-refractivity contribution in [2.75, 3.05) is 50.1 Å². The number of amides is 2. The Balaban J connectivity index is 1.13. The van der Waals surface area contributed by atoms with Gasteiger partial charge in [-0.3, -0.25) is 14.6 Å². The minimum Gasteiger partial charge on any atom is -0.497 e. The van der Waals surface area contributed by atoms with Gasteiger partial charge in [0.05, 0.1) is 37.4 Å². The summed E-state index contributed by atoms with van der Waals surface area (Å²) in [4.78, 5) is 34.1. The molecule has 0 spiro atoms. The highest BCUT2D eigenvalue weighted by Crippen LogP contribution is 2.33. The molecule has 0 unspecified atom stereocenters. The van der Waals surface area contributed by atoms with Crippen LogP contribution in [0.25, 0.3) is 16.8 Å². The molecule has 2 amide bonds. The molecule has 3 aromatic carbocycles. The Bertz CT molecular complexity index is 1940. The van der Waals surface area contributed by atoms with Crippen LogP contribution in [0.1, 0.15) is 33.2 Å². The molecule has 49 heavy (non-hydrogen) atoms. The van der Waals surface area contributed by atoms with Gasteiger partial charge in [-0.05, 0) is 79.7 Å². The summed E-state index contributed by atoms with van der Waals surface area (Å²) in [6.07, 6.45) is 1.62. The molecule has 3 heterocycles. The average molecular weight is 671 g/mol. The number of nitrogens with zero attached hydrogens (tertiary/aromatic N) is 5. The molecular weight excluding hydrogens is 637 g/mol. The number of pyridine rings is 1. The molecule has 252 valence electrons. The Labute approximate surface area is 280 Å². The molecule has 13 heteroatoms. The quantitative estimate of drug-likeness (QED) is 0.189. The lowest BCUT2D eigenvalue weighted by Gasteiger charge is -2.36. The molecule has 0 radical (unpaired) electrons. The van der Waals surface area contributed by atoms with Crippen LogP contribution in [0.15, 0.2) is 97.6 Å². The summed E-state index contributed by atoms with van der Waals surface area (Å²) in [5.41, 5.74) is 2.38. The van der Waals surface area contributed by atoms with E-state index >= 15 is 0 Å². The number of halogens is 3. The lowest BCUT2D eigenvalue weighted by molar-refractivity contribution is -0.137. The molecule has 0 aliphatic carbocycles. The molecule has 10 nitrogen and oxygen atoms in total. The van der Waals surface area contributed by atoms with E-state index in [0.29, 0.717) is 66.7 Å². The van der Waals surface area contributed by atoms with Crippen molar-refractivity contribution < 1.29 is 32.2 Å². The maximum atomic E-state index is 14.0. The van der Waals surface area contributed by atoms with E-state index in [4.69, 9.17) is 9.47 Å². The maximum absolute atomic E-state index is 14.0. The Morgan fingerprint density at radius 2 is 1.55 bits per heavy atom. The van der Waals surface area contributed by atoms with Gasteiger partial charge in [0.25, 0.3) is 11.8 Å². The smallest absolute Gasteiger partial charge is 0.416 e. The molecule has 1 aliphatic rings. The third-order valence-corrected chi connectivity index (χ3v) is 8.11. The van der Waals surface area contributed by atoms with Gasteiger partial charge in [-0.1, -0.05) is 0 Å². The summed E-state index contributed by atoms with van der Waals surface area (Å²) in [5.74, 6) is 0.487. The van der Waals surface area contributed by atoms with Crippen molar-refractivity contribution in [1.29, 1.82) is 0 Å². The zero-order valence-electron chi connectivity index (χ0n) is 26.8. The third kappa shape index (κ3) is 7.67. The minimum atomic E-state index is -4.67. The molecular formula is C36H33F3N6O4. The first-order chi connectivity index (χ1) is 23.6. The second-order valence-corrected chi connectivity index (χ2v) is 11.3. The van der Waals surface area contributed by atoms with Gasteiger partial charge >= 0.3 is 6.18 Å². The summed E-state index contributed by atoms with van der Waals surface area (Å²) in [6.45, 7) is 3.85. The molecule has 5 aromatic rings. The topological polar surface area (TPSA) is 102 Å². The Morgan fingerprint density at radius 1 is 0.816 bits per heavy atom. The summed E-state index contributed by atoms with van der Waals surface area (Å²) in [6, 6.07) is 19.2. The van der Waals surface area contributed by atoms with Gasteiger partial charge < -0.3 is 24.6 Å². The Hall–Kier alpha value is -5.85. The van der Waals surface area contributed by atoms with E-state index in [0.717, 1.165) is 17.8 Å². The van der Waals surface area contributed by atoms with Crippen LogP contribution < -0.4 is 19.7 Å². The molecule has 0 saturated carbocycles. The van der Waals surface area contributed by atoms with Crippen molar-refractivity contribution in [3.05, 3.63) is 114 Å². The third-order valence-electron chi connectivity index (χ3n) is 8.11. The minimum absolute atomic E-state index is 0.0810. The molecule has 1 N–H and O–H groups in total. The van der Waals surface area contributed by atoms with E-state index in [1.165, 1.54) is 16.9 Å². The van der Waals surface area contributed by atoms with Crippen molar-refractivity contribution in [3.63, 3.8) is 0 Å². The first kappa shape index (κ1) is 33.1. The predicted octanol–water partition coefficient (Wildman–Crippen LogP) is 6.58. The largest absolute Gasteiger partial charge is 0.497 e. The van der Waals surface area contributed by atoms with Gasteiger partial charge in [-0.15, -0.1) is 0 Å². The van der Waals surface area contributed by atoms with Gasteiger partial charge in [-0.2, -0.15) is 18.3 Å². The van der Waals surface area contributed by atoms with E-state index in [9.17, 15) is 22.8 Å².